The molecule has 1 aliphatic rings. The van der Waals surface area contributed by atoms with Gasteiger partial charge in [0.1, 0.15) is 0 Å². The third-order valence-corrected chi connectivity index (χ3v) is 5.60. The Morgan fingerprint density at radius 1 is 1.13 bits per heavy atom. The minimum atomic E-state index is -1.05. The van der Waals surface area contributed by atoms with Gasteiger partial charge in [-0.05, 0) is 68.0 Å². The molecule has 4 nitrogen and oxygen atoms in total. The van der Waals surface area contributed by atoms with Crippen molar-refractivity contribution in [2.45, 2.75) is 52.2 Å². The van der Waals surface area contributed by atoms with Crippen LogP contribution in [0.15, 0.2) is 48.5 Å². The number of rotatable bonds is 4. The van der Waals surface area contributed by atoms with Crippen LogP contribution < -0.4 is 5.32 Å². The maximum atomic E-state index is 12.4. The van der Waals surface area contributed by atoms with Crippen molar-refractivity contribution < 1.29 is 14.6 Å². The van der Waals surface area contributed by atoms with E-state index in [0.29, 0.717) is 0 Å². The minimum absolute atomic E-state index is 0.590. The molecule has 0 fully saturated rings. The van der Waals surface area contributed by atoms with E-state index in [-0.39, 0.29) is 0 Å². The number of benzene rings is 3. The highest BCUT2D eigenvalue weighted by Crippen LogP contribution is 2.44. The summed E-state index contributed by atoms with van der Waals surface area (Å²) in [5.74, 6) is -0.970. The Balaban J connectivity index is 2.08. The summed E-state index contributed by atoms with van der Waals surface area (Å²) in [4.78, 5) is 12.4. The van der Waals surface area contributed by atoms with E-state index in [1.165, 1.54) is 5.56 Å². The van der Waals surface area contributed by atoms with Crippen LogP contribution in [0.4, 0.5) is 5.69 Å². The number of carboxylic acid groups (broad SMARTS) is 1. The fourth-order valence-electron chi connectivity index (χ4n) is 4.44. The topological polar surface area (TPSA) is 58.6 Å². The van der Waals surface area contributed by atoms with Crippen molar-refractivity contribution in [2.75, 3.05) is 11.9 Å². The van der Waals surface area contributed by atoms with Crippen molar-refractivity contribution in [3.05, 3.63) is 65.2 Å². The lowest BCUT2D eigenvalue weighted by Crippen LogP contribution is -2.28. The second-order valence-electron chi connectivity index (χ2n) is 9.02. The summed E-state index contributed by atoms with van der Waals surface area (Å²) in [6.07, 6.45) is 1.07. The number of carbonyl (C=O) groups is 1. The van der Waals surface area contributed by atoms with E-state index in [4.69, 9.17) is 4.74 Å². The predicted molar refractivity (Wildman–Crippen MR) is 122 cm³/mol. The molecule has 0 radical (unpaired) electrons. The van der Waals surface area contributed by atoms with Crippen molar-refractivity contribution in [3.8, 4) is 11.1 Å². The van der Waals surface area contributed by atoms with Gasteiger partial charge in [-0.15, -0.1) is 0 Å². The van der Waals surface area contributed by atoms with E-state index < -0.39 is 17.7 Å². The summed E-state index contributed by atoms with van der Waals surface area (Å²) in [5.41, 5.74) is 5.46. The lowest BCUT2D eigenvalue weighted by atomic mass is 9.85. The number of hydrogen-bond donors (Lipinski definition) is 2. The lowest BCUT2D eigenvalue weighted by molar-refractivity contribution is -0.160. The second-order valence-corrected chi connectivity index (χ2v) is 9.02. The highest BCUT2D eigenvalue weighted by atomic mass is 16.5. The van der Waals surface area contributed by atoms with Crippen LogP contribution in [0.5, 0.6) is 0 Å². The van der Waals surface area contributed by atoms with E-state index in [2.05, 4.69) is 41.7 Å². The number of para-hydroxylation sites is 1. The van der Waals surface area contributed by atoms with Crippen LogP contribution in [0.2, 0.25) is 0 Å². The third-order valence-electron chi connectivity index (χ3n) is 5.60. The van der Waals surface area contributed by atoms with E-state index in [1.807, 2.05) is 39.8 Å². The lowest BCUT2D eigenvalue weighted by Gasteiger charge is -2.30. The Labute approximate surface area is 177 Å². The molecule has 3 aromatic rings. The Morgan fingerprint density at radius 3 is 2.63 bits per heavy atom. The van der Waals surface area contributed by atoms with Gasteiger partial charge in [0.15, 0.2) is 6.10 Å². The van der Waals surface area contributed by atoms with Gasteiger partial charge in [0.05, 0.1) is 5.60 Å². The van der Waals surface area contributed by atoms with Crippen LogP contribution in [0.3, 0.4) is 0 Å². The SMILES string of the molecule is Cc1cc2ccccc2c(-c2cccc3c2NCCC3)c1[C@H](OC(C)(C)C)C(=O)O. The summed E-state index contributed by atoms with van der Waals surface area (Å²) in [5, 5.41) is 15.9. The van der Waals surface area contributed by atoms with Gasteiger partial charge in [-0.1, -0.05) is 48.5 Å². The van der Waals surface area contributed by atoms with Crippen molar-refractivity contribution >= 4 is 22.4 Å². The molecule has 0 amide bonds. The Kier molecular flexibility index (Phi) is 5.29. The summed E-state index contributed by atoms with van der Waals surface area (Å²) in [7, 11) is 0. The number of carboxylic acids is 1. The number of aliphatic carboxylic acids is 1. The number of ether oxygens (including phenoxy) is 1. The standard InChI is InChI=1S/C26H29NO3/c1-16-15-18-9-5-6-12-19(18)22(21(16)24(25(28)29)30-26(2,3)4)20-13-7-10-17-11-8-14-27-23(17)20/h5-7,9-10,12-13,15,24,27H,8,11,14H2,1-4H3,(H,28,29)/t24-/m0/s1. The maximum absolute atomic E-state index is 12.4. The molecule has 1 heterocycles. The molecule has 0 aromatic heterocycles. The molecule has 2 N–H and O–H groups in total. The third kappa shape index (κ3) is 3.80. The second kappa shape index (κ2) is 7.77. The van der Waals surface area contributed by atoms with Crippen LogP contribution in [0.25, 0.3) is 21.9 Å². The summed E-state index contributed by atoms with van der Waals surface area (Å²) >= 11 is 0. The van der Waals surface area contributed by atoms with E-state index >= 15 is 0 Å². The predicted octanol–water partition coefficient (Wildman–Crippen LogP) is 6.11. The molecular weight excluding hydrogens is 374 g/mol. The molecule has 30 heavy (non-hydrogen) atoms. The zero-order chi connectivity index (χ0) is 21.5. The molecular formula is C26H29NO3. The average molecular weight is 404 g/mol. The zero-order valence-corrected chi connectivity index (χ0v) is 18.1. The van der Waals surface area contributed by atoms with Gasteiger partial charge in [-0.3, -0.25) is 0 Å². The first-order valence-corrected chi connectivity index (χ1v) is 10.6. The summed E-state index contributed by atoms with van der Waals surface area (Å²) in [6.45, 7) is 8.58. The van der Waals surface area contributed by atoms with Gasteiger partial charge in [0, 0.05) is 23.4 Å². The molecule has 0 aliphatic carbocycles. The molecule has 4 heteroatoms. The Hall–Kier alpha value is -2.85. The van der Waals surface area contributed by atoms with Crippen LogP contribution in [0, 0.1) is 6.92 Å². The fourth-order valence-corrected chi connectivity index (χ4v) is 4.44. The monoisotopic (exact) mass is 403 g/mol. The van der Waals surface area contributed by atoms with Crippen LogP contribution >= 0.6 is 0 Å². The number of nitrogens with one attached hydrogen (secondary N) is 1. The molecule has 1 aliphatic heterocycles. The Morgan fingerprint density at radius 2 is 1.90 bits per heavy atom. The van der Waals surface area contributed by atoms with E-state index in [0.717, 1.165) is 58.1 Å². The molecule has 3 aromatic carbocycles. The van der Waals surface area contributed by atoms with E-state index in [1.54, 1.807) is 0 Å². The minimum Gasteiger partial charge on any atom is -0.479 e. The van der Waals surface area contributed by atoms with Crippen molar-refractivity contribution in [1.29, 1.82) is 0 Å². The molecule has 156 valence electrons. The van der Waals surface area contributed by atoms with Gasteiger partial charge >= 0.3 is 5.97 Å². The normalized spacial score (nSPS) is 14.8. The quantitative estimate of drug-likeness (QED) is 0.551. The molecule has 4 rings (SSSR count). The maximum Gasteiger partial charge on any atom is 0.337 e. The zero-order valence-electron chi connectivity index (χ0n) is 18.1. The molecule has 1 atom stereocenters. The van der Waals surface area contributed by atoms with Crippen molar-refractivity contribution in [2.24, 2.45) is 0 Å². The average Bonchev–Trinajstić information content (AvgIpc) is 2.70. The highest BCUT2D eigenvalue weighted by Gasteiger charge is 2.32. The number of aryl methyl sites for hydroxylation is 2. The molecule has 0 spiro atoms. The number of hydrogen-bond acceptors (Lipinski definition) is 3. The molecule has 0 bridgehead atoms. The van der Waals surface area contributed by atoms with Gasteiger partial charge in [0.25, 0.3) is 0 Å². The first-order valence-electron chi connectivity index (χ1n) is 10.6. The van der Waals surface area contributed by atoms with Gasteiger partial charge in [-0.2, -0.15) is 0 Å². The van der Waals surface area contributed by atoms with Gasteiger partial charge in [-0.25, -0.2) is 4.79 Å². The van der Waals surface area contributed by atoms with E-state index in [9.17, 15) is 9.90 Å². The van der Waals surface area contributed by atoms with Crippen molar-refractivity contribution in [3.63, 3.8) is 0 Å². The highest BCUT2D eigenvalue weighted by molar-refractivity contribution is 6.03. The molecule has 0 saturated carbocycles. The summed E-state index contributed by atoms with van der Waals surface area (Å²) < 4.78 is 6.10. The first-order chi connectivity index (χ1) is 14.3. The van der Waals surface area contributed by atoms with Gasteiger partial charge < -0.3 is 15.2 Å². The molecule has 0 saturated heterocycles. The van der Waals surface area contributed by atoms with Gasteiger partial charge in [0.2, 0.25) is 0 Å². The van der Waals surface area contributed by atoms with Crippen molar-refractivity contribution in [1.82, 2.24) is 0 Å². The largest absolute Gasteiger partial charge is 0.479 e. The summed E-state index contributed by atoms with van der Waals surface area (Å²) in [6, 6.07) is 16.6. The first kappa shape index (κ1) is 20.4. The fraction of sp³-hybridized carbons (Fsp3) is 0.346. The Bertz CT molecular complexity index is 1110. The number of anilines is 1. The van der Waals surface area contributed by atoms with Crippen LogP contribution in [-0.4, -0.2) is 23.2 Å². The number of fused-ring (bicyclic) bond motifs is 2. The van der Waals surface area contributed by atoms with Crippen LogP contribution in [-0.2, 0) is 16.0 Å². The molecule has 0 unspecified atom stereocenters. The smallest absolute Gasteiger partial charge is 0.337 e. The van der Waals surface area contributed by atoms with Crippen LogP contribution in [0.1, 0.15) is 50.0 Å².